The average Bonchev–Trinajstić information content (AvgIpc) is 3.19. The van der Waals surface area contributed by atoms with Crippen molar-refractivity contribution >= 4 is 28.3 Å². The van der Waals surface area contributed by atoms with Gasteiger partial charge in [0.25, 0.3) is 0 Å². The molecule has 0 bridgehead atoms. The van der Waals surface area contributed by atoms with Crippen LogP contribution in [0, 0.1) is 5.82 Å². The Labute approximate surface area is 135 Å². The quantitative estimate of drug-likeness (QED) is 0.751. The van der Waals surface area contributed by atoms with Crippen LogP contribution in [0.2, 0.25) is 0 Å². The van der Waals surface area contributed by atoms with Crippen LogP contribution in [0.1, 0.15) is 11.4 Å². The van der Waals surface area contributed by atoms with Crippen molar-refractivity contribution in [1.82, 2.24) is 15.3 Å². The van der Waals surface area contributed by atoms with Gasteiger partial charge in [0.15, 0.2) is 11.6 Å². The molecule has 3 rings (SSSR count). The number of fused-ring (bicyclic) bond motifs is 1. The number of benzene rings is 1. The van der Waals surface area contributed by atoms with Crippen LogP contribution in [0.15, 0.2) is 29.1 Å². The lowest BCUT2D eigenvalue weighted by Gasteiger charge is -2.05. The second kappa shape index (κ2) is 6.66. The van der Waals surface area contributed by atoms with Crippen molar-refractivity contribution in [1.29, 1.82) is 0 Å². The molecule has 1 aromatic carbocycles. The Morgan fingerprint density at radius 1 is 1.43 bits per heavy atom. The van der Waals surface area contributed by atoms with E-state index >= 15 is 0 Å². The molecule has 0 aliphatic rings. The van der Waals surface area contributed by atoms with Gasteiger partial charge < -0.3 is 19.8 Å². The predicted octanol–water partition coefficient (Wildman–Crippen LogP) is 3.20. The van der Waals surface area contributed by atoms with Crippen LogP contribution >= 0.6 is 11.3 Å². The number of hydrogen-bond donors (Lipinski definition) is 2. The molecular weight excluding hydrogens is 321 g/mol. The second-order valence-corrected chi connectivity index (χ2v) is 5.50. The summed E-state index contributed by atoms with van der Waals surface area (Å²) in [6.45, 7) is 0.474. The summed E-state index contributed by atoms with van der Waals surface area (Å²) in [6, 6.07) is 4.75. The number of halogens is 1. The minimum absolute atomic E-state index is 0.153. The molecule has 6 nitrogen and oxygen atoms in total. The number of nitrogens with one attached hydrogen (secondary N) is 2. The molecule has 2 N–H and O–H groups in total. The number of alkyl carbamates (subject to hydrolysis) is 1. The number of carbonyl (C=O) groups excluding carboxylic acids is 1. The molecule has 0 radical (unpaired) electrons. The molecule has 0 fully saturated rings. The van der Waals surface area contributed by atoms with Crippen molar-refractivity contribution < 1.29 is 18.7 Å². The number of thiazole rings is 1. The first-order valence-electron chi connectivity index (χ1n) is 6.78. The highest BCUT2D eigenvalue weighted by atomic mass is 32.1. The second-order valence-electron chi connectivity index (χ2n) is 4.78. The molecule has 3 aromatic rings. The third-order valence-corrected chi connectivity index (χ3v) is 3.83. The highest BCUT2D eigenvalue weighted by molar-refractivity contribution is 7.07. The first kappa shape index (κ1) is 15.3. The van der Waals surface area contributed by atoms with Crippen molar-refractivity contribution in [2.75, 3.05) is 7.11 Å². The Balaban J connectivity index is 1.75. The molecule has 0 aliphatic heterocycles. The predicted molar refractivity (Wildman–Crippen MR) is 83.9 cm³/mol. The van der Waals surface area contributed by atoms with E-state index in [2.05, 4.69) is 20.0 Å². The van der Waals surface area contributed by atoms with Gasteiger partial charge in [-0.1, -0.05) is 0 Å². The van der Waals surface area contributed by atoms with E-state index in [1.165, 1.54) is 24.5 Å². The van der Waals surface area contributed by atoms with Gasteiger partial charge in [-0.15, -0.1) is 11.3 Å². The number of hydrogen-bond acceptors (Lipinski definition) is 5. The van der Waals surface area contributed by atoms with E-state index in [1.54, 1.807) is 17.6 Å². The molecule has 0 atom stereocenters. The third kappa shape index (κ3) is 3.59. The summed E-state index contributed by atoms with van der Waals surface area (Å²) in [6.07, 6.45) is -0.526. The Hall–Kier alpha value is -2.61. The number of nitrogens with zero attached hydrogens (tertiary/aromatic N) is 1. The van der Waals surface area contributed by atoms with E-state index in [0.29, 0.717) is 5.39 Å². The van der Waals surface area contributed by atoms with Crippen molar-refractivity contribution in [3.05, 3.63) is 46.3 Å². The Kier molecular flexibility index (Phi) is 4.42. The number of aromatic nitrogens is 2. The number of H-pyrrole nitrogens is 1. The number of amides is 1. The molecule has 0 aliphatic carbocycles. The van der Waals surface area contributed by atoms with Crippen LogP contribution in [0.25, 0.3) is 10.9 Å². The molecule has 0 spiro atoms. The minimum atomic E-state index is -0.526. The summed E-state index contributed by atoms with van der Waals surface area (Å²) < 4.78 is 24.1. The zero-order chi connectivity index (χ0) is 16.2. The zero-order valence-electron chi connectivity index (χ0n) is 12.3. The highest BCUT2D eigenvalue weighted by Crippen LogP contribution is 2.26. The van der Waals surface area contributed by atoms with E-state index in [-0.39, 0.29) is 18.9 Å². The van der Waals surface area contributed by atoms with E-state index in [9.17, 15) is 9.18 Å². The topological polar surface area (TPSA) is 76.2 Å². The Morgan fingerprint density at radius 3 is 3.04 bits per heavy atom. The monoisotopic (exact) mass is 335 g/mol. The summed E-state index contributed by atoms with van der Waals surface area (Å²) in [4.78, 5) is 18.3. The number of aromatic amines is 1. The van der Waals surface area contributed by atoms with E-state index < -0.39 is 11.9 Å². The maximum atomic E-state index is 14.1. The zero-order valence-corrected chi connectivity index (χ0v) is 13.1. The van der Waals surface area contributed by atoms with Gasteiger partial charge in [0.05, 0.1) is 24.9 Å². The number of ether oxygens (including phenoxy) is 2. The van der Waals surface area contributed by atoms with Gasteiger partial charge >= 0.3 is 6.09 Å². The van der Waals surface area contributed by atoms with Crippen LogP contribution < -0.4 is 10.1 Å². The highest BCUT2D eigenvalue weighted by Gasteiger charge is 2.10. The number of carbonyl (C=O) groups is 1. The molecule has 0 unspecified atom stereocenters. The van der Waals surface area contributed by atoms with Crippen molar-refractivity contribution in [3.8, 4) is 5.75 Å². The minimum Gasteiger partial charge on any atom is -0.484 e. The smallest absolute Gasteiger partial charge is 0.407 e. The summed E-state index contributed by atoms with van der Waals surface area (Å²) in [5.74, 6) is -0.293. The molecule has 1 amide bonds. The average molecular weight is 335 g/mol. The van der Waals surface area contributed by atoms with Gasteiger partial charge in [0.2, 0.25) is 0 Å². The standard InChI is InChI=1S/C15H14FN3O3S/c1-21-15(20)17-5-10-2-9-3-12(16)14(4-13(9)19-10)22-6-11-7-23-8-18-11/h2-4,7-8,19H,5-6H2,1H3,(H,17,20). The third-order valence-electron chi connectivity index (χ3n) is 3.20. The van der Waals surface area contributed by atoms with Gasteiger partial charge in [0, 0.05) is 28.0 Å². The fourth-order valence-corrected chi connectivity index (χ4v) is 2.64. The van der Waals surface area contributed by atoms with E-state index in [0.717, 1.165) is 16.9 Å². The Morgan fingerprint density at radius 2 is 2.30 bits per heavy atom. The molecule has 0 saturated heterocycles. The molecule has 120 valence electrons. The fourth-order valence-electron chi connectivity index (χ4n) is 2.10. The lowest BCUT2D eigenvalue weighted by atomic mass is 10.2. The van der Waals surface area contributed by atoms with Crippen LogP contribution in [-0.2, 0) is 17.9 Å². The van der Waals surface area contributed by atoms with Gasteiger partial charge in [-0.3, -0.25) is 0 Å². The molecule has 0 saturated carbocycles. The SMILES string of the molecule is COC(=O)NCc1cc2cc(F)c(OCc3cscn3)cc2[nH]1. The van der Waals surface area contributed by atoms with Crippen LogP contribution in [-0.4, -0.2) is 23.2 Å². The van der Waals surface area contributed by atoms with Crippen LogP contribution in [0.4, 0.5) is 9.18 Å². The first-order valence-corrected chi connectivity index (χ1v) is 7.73. The van der Waals surface area contributed by atoms with Gasteiger partial charge in [-0.2, -0.15) is 0 Å². The van der Waals surface area contributed by atoms with Gasteiger partial charge in [0.1, 0.15) is 6.61 Å². The molecule has 8 heteroatoms. The number of rotatable bonds is 5. The van der Waals surface area contributed by atoms with E-state index in [1.807, 2.05) is 5.38 Å². The van der Waals surface area contributed by atoms with Crippen LogP contribution in [0.3, 0.4) is 0 Å². The van der Waals surface area contributed by atoms with Gasteiger partial charge in [-0.05, 0) is 12.1 Å². The van der Waals surface area contributed by atoms with Gasteiger partial charge in [-0.25, -0.2) is 14.2 Å². The molecule has 2 heterocycles. The van der Waals surface area contributed by atoms with E-state index in [4.69, 9.17) is 4.74 Å². The first-order chi connectivity index (χ1) is 11.2. The van der Waals surface area contributed by atoms with Crippen molar-refractivity contribution in [3.63, 3.8) is 0 Å². The lowest BCUT2D eigenvalue weighted by molar-refractivity contribution is 0.170. The molecule has 23 heavy (non-hydrogen) atoms. The summed E-state index contributed by atoms with van der Waals surface area (Å²) >= 11 is 1.46. The Bertz CT molecular complexity index is 817. The maximum Gasteiger partial charge on any atom is 0.407 e. The maximum absolute atomic E-state index is 14.1. The normalized spacial score (nSPS) is 10.7. The molecular formula is C15H14FN3O3S. The lowest BCUT2D eigenvalue weighted by Crippen LogP contribution is -2.22. The van der Waals surface area contributed by atoms with Crippen LogP contribution in [0.5, 0.6) is 5.75 Å². The largest absolute Gasteiger partial charge is 0.484 e. The van der Waals surface area contributed by atoms with Crippen molar-refractivity contribution in [2.24, 2.45) is 0 Å². The summed E-state index contributed by atoms with van der Waals surface area (Å²) in [7, 11) is 1.29. The summed E-state index contributed by atoms with van der Waals surface area (Å²) in [5.41, 5.74) is 3.91. The molecule has 2 aromatic heterocycles. The summed E-state index contributed by atoms with van der Waals surface area (Å²) in [5, 5.41) is 5.11. The fraction of sp³-hybridized carbons (Fsp3) is 0.200. The number of methoxy groups -OCH3 is 1. The van der Waals surface area contributed by atoms with Crippen molar-refractivity contribution in [2.45, 2.75) is 13.2 Å².